The largest absolute Gasteiger partial charge is 0.494 e. The van der Waals surface area contributed by atoms with Gasteiger partial charge in [-0.15, -0.1) is 11.3 Å². The minimum Gasteiger partial charge on any atom is -0.494 e. The van der Waals surface area contributed by atoms with Gasteiger partial charge in [-0.1, -0.05) is 0 Å². The van der Waals surface area contributed by atoms with E-state index in [0.717, 1.165) is 30.8 Å². The summed E-state index contributed by atoms with van der Waals surface area (Å²) in [7, 11) is 0. The third-order valence-corrected chi connectivity index (χ3v) is 5.72. The lowest BCUT2D eigenvalue weighted by Crippen LogP contribution is -2.35. The number of anilines is 1. The van der Waals surface area contributed by atoms with Crippen LogP contribution in [0.25, 0.3) is 0 Å². The van der Waals surface area contributed by atoms with Crippen LogP contribution in [0.15, 0.2) is 24.3 Å². The summed E-state index contributed by atoms with van der Waals surface area (Å²) in [5.74, 6) is 0.533. The van der Waals surface area contributed by atoms with Gasteiger partial charge >= 0.3 is 0 Å². The van der Waals surface area contributed by atoms with E-state index >= 15 is 0 Å². The van der Waals surface area contributed by atoms with Crippen molar-refractivity contribution in [1.82, 2.24) is 4.90 Å². The number of carbonyl (C=O) groups is 1. The molecule has 136 valence electrons. The number of ether oxygens (including phenoxy) is 1. The number of rotatable bonds is 5. The molecule has 1 N–H and O–H groups in total. The van der Waals surface area contributed by atoms with Crippen LogP contribution >= 0.6 is 11.3 Å². The Hall–Kier alpha value is -2.36. The van der Waals surface area contributed by atoms with Crippen LogP contribution < -0.4 is 10.1 Å². The van der Waals surface area contributed by atoms with Gasteiger partial charge in [0.15, 0.2) is 0 Å². The zero-order chi connectivity index (χ0) is 18.7. The molecule has 2 heterocycles. The molecule has 1 aliphatic rings. The van der Waals surface area contributed by atoms with Gasteiger partial charge in [0.2, 0.25) is 0 Å². The zero-order valence-corrected chi connectivity index (χ0v) is 16.2. The minimum absolute atomic E-state index is 0.205. The molecule has 1 aromatic heterocycles. The Kier molecular flexibility index (Phi) is 5.60. The number of thiophene rings is 1. The van der Waals surface area contributed by atoms with Crippen LogP contribution in [0.4, 0.5) is 5.00 Å². The van der Waals surface area contributed by atoms with Crippen molar-refractivity contribution < 1.29 is 9.53 Å². The number of nitriles is 1. The number of amides is 1. The van der Waals surface area contributed by atoms with E-state index in [1.54, 1.807) is 24.3 Å². The average Bonchev–Trinajstić information content (AvgIpc) is 2.98. The highest BCUT2D eigenvalue weighted by molar-refractivity contribution is 7.16. The Morgan fingerprint density at radius 3 is 2.73 bits per heavy atom. The first-order chi connectivity index (χ1) is 12.5. The summed E-state index contributed by atoms with van der Waals surface area (Å²) in [5, 5.41) is 13.2. The first kappa shape index (κ1) is 18.4. The molecule has 26 heavy (non-hydrogen) atoms. The number of hydrogen-bond acceptors (Lipinski definition) is 5. The van der Waals surface area contributed by atoms with Crippen molar-refractivity contribution in [2.24, 2.45) is 0 Å². The molecule has 0 saturated heterocycles. The summed E-state index contributed by atoms with van der Waals surface area (Å²) in [5.41, 5.74) is 2.26. The standard InChI is InChI=1S/C20H23N3O2S/c1-4-25-15-7-5-14(6-8-15)19(24)22-20-17(11-21)16-9-10-23(13(2)3)12-18(16)26-20/h5-8,13H,4,9-10,12H2,1-3H3,(H,22,24). The summed E-state index contributed by atoms with van der Waals surface area (Å²) in [6.07, 6.45) is 0.853. The predicted octanol–water partition coefficient (Wildman–Crippen LogP) is 4.04. The summed E-state index contributed by atoms with van der Waals surface area (Å²) in [4.78, 5) is 16.1. The highest BCUT2D eigenvalue weighted by Crippen LogP contribution is 2.37. The Labute approximate surface area is 158 Å². The van der Waals surface area contributed by atoms with Crippen LogP contribution in [0.5, 0.6) is 5.75 Å². The van der Waals surface area contributed by atoms with Crippen molar-refractivity contribution in [2.45, 2.75) is 39.8 Å². The first-order valence-electron chi connectivity index (χ1n) is 8.86. The van der Waals surface area contributed by atoms with Gasteiger partial charge in [-0.2, -0.15) is 5.26 Å². The summed E-state index contributed by atoms with van der Waals surface area (Å²) in [6.45, 7) is 8.65. The van der Waals surface area contributed by atoms with Crippen LogP contribution in [0.2, 0.25) is 0 Å². The summed E-state index contributed by atoms with van der Waals surface area (Å²) in [6, 6.07) is 9.79. The van der Waals surface area contributed by atoms with E-state index in [4.69, 9.17) is 4.74 Å². The van der Waals surface area contributed by atoms with Gasteiger partial charge < -0.3 is 10.1 Å². The Morgan fingerprint density at radius 2 is 2.12 bits per heavy atom. The molecule has 0 radical (unpaired) electrons. The van der Waals surface area contributed by atoms with E-state index in [1.165, 1.54) is 16.2 Å². The normalized spacial score (nSPS) is 14.0. The molecule has 0 fully saturated rings. The molecule has 1 aliphatic heterocycles. The van der Waals surface area contributed by atoms with Gasteiger partial charge in [-0.05, 0) is 57.0 Å². The van der Waals surface area contributed by atoms with E-state index in [0.29, 0.717) is 28.8 Å². The second-order valence-electron chi connectivity index (χ2n) is 6.55. The van der Waals surface area contributed by atoms with Gasteiger partial charge in [-0.3, -0.25) is 9.69 Å². The van der Waals surface area contributed by atoms with E-state index in [-0.39, 0.29) is 5.91 Å². The molecule has 0 unspecified atom stereocenters. The van der Waals surface area contributed by atoms with Gasteiger partial charge in [-0.25, -0.2) is 0 Å². The van der Waals surface area contributed by atoms with Crippen molar-refractivity contribution in [1.29, 1.82) is 5.26 Å². The molecule has 0 spiro atoms. The van der Waals surface area contributed by atoms with Crippen LogP contribution in [-0.2, 0) is 13.0 Å². The van der Waals surface area contributed by atoms with Crippen molar-refractivity contribution in [3.63, 3.8) is 0 Å². The molecule has 0 aliphatic carbocycles. The van der Waals surface area contributed by atoms with Crippen molar-refractivity contribution in [3.8, 4) is 11.8 Å². The Bertz CT molecular complexity index is 834. The molecule has 6 heteroatoms. The second-order valence-corrected chi connectivity index (χ2v) is 7.65. The molecular weight excluding hydrogens is 346 g/mol. The minimum atomic E-state index is -0.205. The highest BCUT2D eigenvalue weighted by Gasteiger charge is 2.26. The topological polar surface area (TPSA) is 65.4 Å². The van der Waals surface area contributed by atoms with Gasteiger partial charge in [0.1, 0.15) is 16.8 Å². The fraction of sp³-hybridized carbons (Fsp3) is 0.400. The summed E-state index contributed by atoms with van der Waals surface area (Å²) >= 11 is 1.52. The summed E-state index contributed by atoms with van der Waals surface area (Å²) < 4.78 is 5.40. The monoisotopic (exact) mass is 369 g/mol. The zero-order valence-electron chi connectivity index (χ0n) is 15.3. The lowest BCUT2D eigenvalue weighted by Gasteiger charge is -2.30. The fourth-order valence-corrected chi connectivity index (χ4v) is 4.33. The van der Waals surface area contributed by atoms with Crippen LogP contribution in [0.1, 0.15) is 47.1 Å². The molecule has 2 aromatic rings. The first-order valence-corrected chi connectivity index (χ1v) is 9.68. The molecular formula is C20H23N3O2S. The number of benzene rings is 1. The maximum absolute atomic E-state index is 12.6. The number of hydrogen-bond donors (Lipinski definition) is 1. The van der Waals surface area contributed by atoms with Gasteiger partial charge in [0.05, 0.1) is 12.2 Å². The molecule has 0 bridgehead atoms. The molecule has 0 saturated carbocycles. The van der Waals surface area contributed by atoms with E-state index < -0.39 is 0 Å². The van der Waals surface area contributed by atoms with Crippen molar-refractivity contribution in [3.05, 3.63) is 45.8 Å². The second kappa shape index (κ2) is 7.90. The van der Waals surface area contributed by atoms with Gasteiger partial charge in [0.25, 0.3) is 5.91 Å². The SMILES string of the molecule is CCOc1ccc(C(=O)Nc2sc3c(c2C#N)CCN(C(C)C)C3)cc1. The van der Waals surface area contributed by atoms with Crippen LogP contribution in [0, 0.1) is 11.3 Å². The number of fused-ring (bicyclic) bond motifs is 1. The van der Waals surface area contributed by atoms with E-state index in [1.807, 2.05) is 6.92 Å². The highest BCUT2D eigenvalue weighted by atomic mass is 32.1. The molecule has 5 nitrogen and oxygen atoms in total. The predicted molar refractivity (Wildman–Crippen MR) is 104 cm³/mol. The fourth-order valence-electron chi connectivity index (χ4n) is 3.11. The number of nitrogens with zero attached hydrogens (tertiary/aromatic N) is 2. The lowest BCUT2D eigenvalue weighted by molar-refractivity contribution is 0.102. The van der Waals surface area contributed by atoms with Crippen molar-refractivity contribution in [2.75, 3.05) is 18.5 Å². The smallest absolute Gasteiger partial charge is 0.256 e. The van der Waals surface area contributed by atoms with Gasteiger partial charge in [0, 0.05) is 29.6 Å². The lowest BCUT2D eigenvalue weighted by atomic mass is 10.0. The Balaban J connectivity index is 1.79. The van der Waals surface area contributed by atoms with Crippen molar-refractivity contribution >= 4 is 22.2 Å². The van der Waals surface area contributed by atoms with E-state index in [2.05, 4.69) is 30.1 Å². The molecule has 1 amide bonds. The van der Waals surface area contributed by atoms with Crippen LogP contribution in [0.3, 0.4) is 0 Å². The third kappa shape index (κ3) is 3.74. The quantitative estimate of drug-likeness (QED) is 0.864. The molecule has 3 rings (SSSR count). The maximum atomic E-state index is 12.6. The number of carbonyl (C=O) groups excluding carboxylic acids is 1. The van der Waals surface area contributed by atoms with Crippen LogP contribution in [-0.4, -0.2) is 30.0 Å². The average molecular weight is 369 g/mol. The maximum Gasteiger partial charge on any atom is 0.256 e. The third-order valence-electron chi connectivity index (χ3n) is 4.58. The molecule has 1 aromatic carbocycles. The molecule has 0 atom stereocenters. The van der Waals surface area contributed by atoms with E-state index in [9.17, 15) is 10.1 Å². The number of nitrogens with one attached hydrogen (secondary N) is 1. The Morgan fingerprint density at radius 1 is 1.38 bits per heavy atom.